The van der Waals surface area contributed by atoms with Crippen LogP contribution in [0.3, 0.4) is 0 Å². The van der Waals surface area contributed by atoms with Crippen molar-refractivity contribution in [2.24, 2.45) is 0 Å². The highest BCUT2D eigenvalue weighted by Gasteiger charge is 2.27. The molecule has 3 rings (SSSR count). The molecule has 2 heteroatoms. The number of ether oxygens (including phenoxy) is 1. The van der Waals surface area contributed by atoms with Crippen LogP contribution in [0.15, 0.2) is 48.5 Å². The van der Waals surface area contributed by atoms with Crippen LogP contribution in [0, 0.1) is 0 Å². The standard InChI is InChI=1S/C19H20O2/c1-13(2)16-9-6-10-19-17(16)11-15(21-19)12-18(20)14-7-4-3-5-8-14/h3-10,13,15H,11-12H2,1-2H3/t15-/m0/s1. The van der Waals surface area contributed by atoms with Crippen molar-refractivity contribution in [3.8, 4) is 5.75 Å². The Labute approximate surface area is 125 Å². The lowest BCUT2D eigenvalue weighted by atomic mass is 9.93. The van der Waals surface area contributed by atoms with Crippen LogP contribution in [0.1, 0.15) is 47.7 Å². The van der Waals surface area contributed by atoms with E-state index in [-0.39, 0.29) is 11.9 Å². The topological polar surface area (TPSA) is 26.3 Å². The van der Waals surface area contributed by atoms with E-state index in [1.165, 1.54) is 11.1 Å². The summed E-state index contributed by atoms with van der Waals surface area (Å²) in [7, 11) is 0. The van der Waals surface area contributed by atoms with Gasteiger partial charge in [0.2, 0.25) is 0 Å². The van der Waals surface area contributed by atoms with Gasteiger partial charge in [0.15, 0.2) is 5.78 Å². The van der Waals surface area contributed by atoms with E-state index in [4.69, 9.17) is 4.74 Å². The number of rotatable bonds is 4. The molecule has 1 atom stereocenters. The number of hydrogen-bond donors (Lipinski definition) is 0. The fourth-order valence-electron chi connectivity index (χ4n) is 2.96. The van der Waals surface area contributed by atoms with E-state index < -0.39 is 0 Å². The summed E-state index contributed by atoms with van der Waals surface area (Å²) in [5, 5.41) is 0. The van der Waals surface area contributed by atoms with Crippen molar-refractivity contribution >= 4 is 5.78 Å². The van der Waals surface area contributed by atoms with Crippen molar-refractivity contribution in [1.82, 2.24) is 0 Å². The van der Waals surface area contributed by atoms with Crippen LogP contribution >= 0.6 is 0 Å². The summed E-state index contributed by atoms with van der Waals surface area (Å²) in [6, 6.07) is 15.7. The summed E-state index contributed by atoms with van der Waals surface area (Å²) in [4.78, 5) is 12.3. The molecular formula is C19H20O2. The van der Waals surface area contributed by atoms with Gasteiger partial charge in [-0.15, -0.1) is 0 Å². The van der Waals surface area contributed by atoms with Gasteiger partial charge in [0.05, 0.1) is 0 Å². The van der Waals surface area contributed by atoms with Gasteiger partial charge in [-0.25, -0.2) is 0 Å². The summed E-state index contributed by atoms with van der Waals surface area (Å²) < 4.78 is 5.97. The second-order valence-corrected chi connectivity index (χ2v) is 5.92. The van der Waals surface area contributed by atoms with Crippen LogP contribution in [-0.4, -0.2) is 11.9 Å². The first-order chi connectivity index (χ1) is 10.1. The normalized spacial score (nSPS) is 16.6. The monoisotopic (exact) mass is 280 g/mol. The van der Waals surface area contributed by atoms with Gasteiger partial charge in [-0.2, -0.15) is 0 Å². The van der Waals surface area contributed by atoms with Gasteiger partial charge in [0.25, 0.3) is 0 Å². The molecule has 2 nitrogen and oxygen atoms in total. The van der Waals surface area contributed by atoms with Gasteiger partial charge in [-0.1, -0.05) is 56.3 Å². The molecule has 0 saturated carbocycles. The van der Waals surface area contributed by atoms with E-state index in [2.05, 4.69) is 19.9 Å². The Morgan fingerprint density at radius 2 is 1.90 bits per heavy atom. The molecule has 0 spiro atoms. The Balaban J connectivity index is 1.74. The molecule has 21 heavy (non-hydrogen) atoms. The third-order valence-electron chi connectivity index (χ3n) is 4.03. The van der Waals surface area contributed by atoms with Crippen molar-refractivity contribution in [3.05, 3.63) is 65.2 Å². The highest BCUT2D eigenvalue weighted by molar-refractivity contribution is 5.96. The quantitative estimate of drug-likeness (QED) is 0.777. The lowest BCUT2D eigenvalue weighted by Crippen LogP contribution is -2.18. The van der Waals surface area contributed by atoms with Gasteiger partial charge >= 0.3 is 0 Å². The molecule has 1 heterocycles. The van der Waals surface area contributed by atoms with Crippen molar-refractivity contribution in [2.45, 2.75) is 38.7 Å². The Morgan fingerprint density at radius 3 is 2.62 bits per heavy atom. The Morgan fingerprint density at radius 1 is 1.14 bits per heavy atom. The third kappa shape index (κ3) is 2.85. The lowest BCUT2D eigenvalue weighted by Gasteiger charge is -2.09. The van der Waals surface area contributed by atoms with E-state index in [1.807, 2.05) is 42.5 Å². The zero-order valence-electron chi connectivity index (χ0n) is 12.5. The summed E-state index contributed by atoms with van der Waals surface area (Å²) in [6.45, 7) is 4.39. The number of carbonyl (C=O) groups is 1. The second-order valence-electron chi connectivity index (χ2n) is 5.92. The summed E-state index contributed by atoms with van der Waals surface area (Å²) in [5.41, 5.74) is 3.38. The molecule has 2 aromatic carbocycles. The second kappa shape index (κ2) is 5.72. The minimum atomic E-state index is -0.0346. The Kier molecular flexibility index (Phi) is 3.78. The molecule has 0 amide bonds. The molecule has 108 valence electrons. The molecular weight excluding hydrogens is 260 g/mol. The van der Waals surface area contributed by atoms with E-state index in [1.54, 1.807) is 0 Å². The minimum Gasteiger partial charge on any atom is -0.489 e. The average molecular weight is 280 g/mol. The van der Waals surface area contributed by atoms with Crippen LogP contribution in [0.4, 0.5) is 0 Å². The van der Waals surface area contributed by atoms with E-state index in [0.717, 1.165) is 17.7 Å². The number of hydrogen-bond acceptors (Lipinski definition) is 2. The van der Waals surface area contributed by atoms with Crippen LogP contribution < -0.4 is 4.74 Å². The highest BCUT2D eigenvalue weighted by Crippen LogP contribution is 2.35. The number of fused-ring (bicyclic) bond motifs is 1. The molecule has 0 aromatic heterocycles. The van der Waals surface area contributed by atoms with Crippen molar-refractivity contribution in [1.29, 1.82) is 0 Å². The zero-order chi connectivity index (χ0) is 14.8. The predicted octanol–water partition coefficient (Wildman–Crippen LogP) is 4.39. The third-order valence-corrected chi connectivity index (χ3v) is 4.03. The average Bonchev–Trinajstić information content (AvgIpc) is 2.89. The largest absolute Gasteiger partial charge is 0.489 e. The molecule has 0 N–H and O–H groups in total. The van der Waals surface area contributed by atoms with Crippen LogP contribution in [-0.2, 0) is 6.42 Å². The number of Topliss-reactive ketones (excluding diaryl/α,β-unsaturated/α-hetero) is 1. The molecule has 1 aliphatic rings. The first-order valence-electron chi connectivity index (χ1n) is 7.52. The molecule has 0 unspecified atom stereocenters. The maximum atomic E-state index is 12.3. The number of ketones is 1. The van der Waals surface area contributed by atoms with Crippen molar-refractivity contribution in [3.63, 3.8) is 0 Å². The zero-order valence-corrected chi connectivity index (χ0v) is 12.5. The van der Waals surface area contributed by atoms with Gasteiger partial charge in [-0.3, -0.25) is 4.79 Å². The maximum Gasteiger partial charge on any atom is 0.166 e. The highest BCUT2D eigenvalue weighted by atomic mass is 16.5. The SMILES string of the molecule is CC(C)c1cccc2c1C[C@@H](CC(=O)c1ccccc1)O2. The van der Waals surface area contributed by atoms with Gasteiger partial charge in [-0.05, 0) is 17.5 Å². The molecule has 1 aliphatic heterocycles. The van der Waals surface area contributed by atoms with Gasteiger partial charge in [0.1, 0.15) is 11.9 Å². The van der Waals surface area contributed by atoms with E-state index in [0.29, 0.717) is 12.3 Å². The first kappa shape index (κ1) is 13.9. The van der Waals surface area contributed by atoms with Crippen molar-refractivity contribution in [2.75, 3.05) is 0 Å². The Hall–Kier alpha value is -2.09. The number of benzene rings is 2. The molecule has 0 fully saturated rings. The molecule has 0 radical (unpaired) electrons. The molecule has 0 saturated heterocycles. The summed E-state index contributed by atoms with van der Waals surface area (Å²) in [5.74, 6) is 1.58. The molecule has 2 aromatic rings. The fourth-order valence-corrected chi connectivity index (χ4v) is 2.96. The molecule has 0 aliphatic carbocycles. The minimum absolute atomic E-state index is 0.0346. The predicted molar refractivity (Wildman–Crippen MR) is 84.0 cm³/mol. The summed E-state index contributed by atoms with van der Waals surface area (Å²) >= 11 is 0. The van der Waals surface area contributed by atoms with Crippen LogP contribution in [0.2, 0.25) is 0 Å². The van der Waals surface area contributed by atoms with Gasteiger partial charge < -0.3 is 4.74 Å². The van der Waals surface area contributed by atoms with Crippen molar-refractivity contribution < 1.29 is 9.53 Å². The summed E-state index contributed by atoms with van der Waals surface area (Å²) in [6.07, 6.45) is 1.24. The van der Waals surface area contributed by atoms with Crippen LogP contribution in [0.25, 0.3) is 0 Å². The lowest BCUT2D eigenvalue weighted by molar-refractivity contribution is 0.0924. The smallest absolute Gasteiger partial charge is 0.166 e. The van der Waals surface area contributed by atoms with Gasteiger partial charge in [0, 0.05) is 24.0 Å². The Bertz CT molecular complexity index is 644. The van der Waals surface area contributed by atoms with E-state index in [9.17, 15) is 4.79 Å². The first-order valence-corrected chi connectivity index (χ1v) is 7.52. The maximum absolute atomic E-state index is 12.3. The molecule has 0 bridgehead atoms. The fraction of sp³-hybridized carbons (Fsp3) is 0.316. The van der Waals surface area contributed by atoms with E-state index >= 15 is 0 Å². The van der Waals surface area contributed by atoms with Crippen LogP contribution in [0.5, 0.6) is 5.75 Å². The number of carbonyl (C=O) groups excluding carboxylic acids is 1.